The Kier molecular flexibility index (Phi) is 5.79. The average Bonchev–Trinajstić information content (AvgIpc) is 2.60. The number of benzene rings is 1. The summed E-state index contributed by atoms with van der Waals surface area (Å²) in [5.41, 5.74) is 0.892. The molecule has 1 amide bonds. The fourth-order valence-corrected chi connectivity index (χ4v) is 4.06. The Balaban J connectivity index is 2.10. The lowest BCUT2D eigenvalue weighted by atomic mass is 10.0. The number of likely N-dealkylation sites (tertiary alicyclic amines) is 1. The zero-order chi connectivity index (χ0) is 18.8. The third-order valence-corrected chi connectivity index (χ3v) is 6.64. The van der Waals surface area contributed by atoms with Gasteiger partial charge in [0.2, 0.25) is 10.0 Å². The van der Waals surface area contributed by atoms with Crippen LogP contribution in [0, 0.1) is 17.0 Å². The highest BCUT2D eigenvalue weighted by Gasteiger charge is 2.31. The van der Waals surface area contributed by atoms with E-state index in [1.54, 1.807) is 31.9 Å². The highest BCUT2D eigenvalue weighted by atomic mass is 32.2. The van der Waals surface area contributed by atoms with E-state index in [-0.39, 0.29) is 23.4 Å². The molecule has 1 heterocycles. The summed E-state index contributed by atoms with van der Waals surface area (Å²) in [5.74, 6) is -0.198. The van der Waals surface area contributed by atoms with Crippen LogP contribution in [0.2, 0.25) is 0 Å². The molecular formula is C16H23N3O5S. The molecule has 0 spiro atoms. The van der Waals surface area contributed by atoms with Crippen LogP contribution in [0.3, 0.4) is 0 Å². The Morgan fingerprint density at radius 1 is 1.36 bits per heavy atom. The Morgan fingerprint density at radius 2 is 1.96 bits per heavy atom. The molecule has 8 nitrogen and oxygen atoms in total. The van der Waals surface area contributed by atoms with E-state index < -0.39 is 14.9 Å². The van der Waals surface area contributed by atoms with Crippen molar-refractivity contribution in [2.75, 3.05) is 25.9 Å². The first kappa shape index (κ1) is 19.3. The van der Waals surface area contributed by atoms with Gasteiger partial charge in [0, 0.05) is 43.9 Å². The molecule has 0 aliphatic carbocycles. The number of sulfonamides is 1. The summed E-state index contributed by atoms with van der Waals surface area (Å²) < 4.78 is 25.3. The van der Waals surface area contributed by atoms with Crippen LogP contribution in [-0.4, -0.2) is 60.4 Å². The predicted molar refractivity (Wildman–Crippen MR) is 94.0 cm³/mol. The number of hydrogen-bond donors (Lipinski definition) is 0. The van der Waals surface area contributed by atoms with E-state index in [1.165, 1.54) is 16.4 Å². The number of nitrogens with zero attached hydrogens (tertiary/aromatic N) is 3. The van der Waals surface area contributed by atoms with Gasteiger partial charge in [0.05, 0.1) is 10.7 Å². The van der Waals surface area contributed by atoms with E-state index in [2.05, 4.69) is 0 Å². The third kappa shape index (κ3) is 4.16. The summed E-state index contributed by atoms with van der Waals surface area (Å²) in [6.07, 6.45) is 1.10. The largest absolute Gasteiger partial charge is 0.339 e. The molecule has 0 N–H and O–H groups in total. The zero-order valence-electron chi connectivity index (χ0n) is 14.6. The third-order valence-electron chi connectivity index (χ3n) is 4.73. The first-order valence-electron chi connectivity index (χ1n) is 8.17. The van der Waals surface area contributed by atoms with Gasteiger partial charge in [-0.3, -0.25) is 14.9 Å². The van der Waals surface area contributed by atoms with Gasteiger partial charge in [-0.25, -0.2) is 12.7 Å². The van der Waals surface area contributed by atoms with E-state index in [9.17, 15) is 23.3 Å². The lowest BCUT2D eigenvalue weighted by Gasteiger charge is -2.36. The number of aryl methyl sites for hydroxylation is 1. The van der Waals surface area contributed by atoms with Gasteiger partial charge in [0.15, 0.2) is 0 Å². The van der Waals surface area contributed by atoms with Gasteiger partial charge in [-0.05, 0) is 32.3 Å². The second-order valence-corrected chi connectivity index (χ2v) is 8.51. The van der Waals surface area contributed by atoms with Crippen molar-refractivity contribution in [1.82, 2.24) is 9.21 Å². The Hall–Kier alpha value is -2.00. The standard InChI is InChI=1S/C16H23N3O5S/c1-4-25(23,24)17(3)13-7-9-18(10-8-13)16(20)15-11-14(19(21)22)6-5-12(15)2/h5-6,11,13H,4,7-10H2,1-3H3. The van der Waals surface area contributed by atoms with Crippen LogP contribution in [-0.2, 0) is 10.0 Å². The summed E-state index contributed by atoms with van der Waals surface area (Å²) in [5, 5.41) is 10.9. The lowest BCUT2D eigenvalue weighted by molar-refractivity contribution is -0.384. The molecule has 0 radical (unpaired) electrons. The Bertz CT molecular complexity index is 770. The Morgan fingerprint density at radius 3 is 2.48 bits per heavy atom. The van der Waals surface area contributed by atoms with Crippen LogP contribution in [0.5, 0.6) is 0 Å². The second-order valence-electron chi connectivity index (χ2n) is 6.20. The van der Waals surface area contributed by atoms with Crippen LogP contribution in [0.1, 0.15) is 35.7 Å². The minimum Gasteiger partial charge on any atom is -0.339 e. The average molecular weight is 369 g/mol. The van der Waals surface area contributed by atoms with Crippen LogP contribution in [0.25, 0.3) is 0 Å². The molecule has 138 valence electrons. The minimum absolute atomic E-state index is 0.0511. The number of non-ortho nitro benzene ring substituents is 1. The molecule has 0 unspecified atom stereocenters. The van der Waals surface area contributed by atoms with Crippen molar-refractivity contribution in [3.8, 4) is 0 Å². The molecule has 1 aromatic rings. The summed E-state index contributed by atoms with van der Waals surface area (Å²) in [6.45, 7) is 4.20. The van der Waals surface area contributed by atoms with Crippen LogP contribution in [0.15, 0.2) is 18.2 Å². The van der Waals surface area contributed by atoms with Crippen LogP contribution < -0.4 is 0 Å². The zero-order valence-corrected chi connectivity index (χ0v) is 15.5. The van der Waals surface area contributed by atoms with Crippen molar-refractivity contribution in [1.29, 1.82) is 0 Å². The summed E-state index contributed by atoms with van der Waals surface area (Å²) in [6, 6.07) is 4.13. The van der Waals surface area contributed by atoms with E-state index in [0.717, 1.165) is 0 Å². The second kappa shape index (κ2) is 7.49. The van der Waals surface area contributed by atoms with E-state index in [4.69, 9.17) is 0 Å². The van der Waals surface area contributed by atoms with Crippen molar-refractivity contribution >= 4 is 21.6 Å². The first-order valence-corrected chi connectivity index (χ1v) is 9.78. The first-order chi connectivity index (χ1) is 11.7. The number of nitro benzene ring substituents is 1. The number of carbonyl (C=O) groups excluding carboxylic acids is 1. The molecule has 1 saturated heterocycles. The predicted octanol–water partition coefficient (Wildman–Crippen LogP) is 1.79. The van der Waals surface area contributed by atoms with Crippen molar-refractivity contribution in [3.63, 3.8) is 0 Å². The van der Waals surface area contributed by atoms with Crippen LogP contribution in [0.4, 0.5) is 5.69 Å². The SMILES string of the molecule is CCS(=O)(=O)N(C)C1CCN(C(=O)c2cc([N+](=O)[O-])ccc2C)CC1. The highest BCUT2D eigenvalue weighted by molar-refractivity contribution is 7.89. The summed E-state index contributed by atoms with van der Waals surface area (Å²) in [7, 11) is -1.68. The fourth-order valence-electron chi connectivity index (χ4n) is 2.99. The van der Waals surface area contributed by atoms with Gasteiger partial charge in [0.25, 0.3) is 11.6 Å². The molecule has 25 heavy (non-hydrogen) atoms. The minimum atomic E-state index is -3.25. The lowest BCUT2D eigenvalue weighted by Crippen LogP contribution is -2.47. The van der Waals surface area contributed by atoms with E-state index in [0.29, 0.717) is 37.1 Å². The molecule has 0 saturated carbocycles. The van der Waals surface area contributed by atoms with E-state index in [1.807, 2.05) is 0 Å². The van der Waals surface area contributed by atoms with Gasteiger partial charge < -0.3 is 4.90 Å². The number of amides is 1. The number of rotatable bonds is 5. The van der Waals surface area contributed by atoms with Gasteiger partial charge >= 0.3 is 0 Å². The van der Waals surface area contributed by atoms with Crippen LogP contribution >= 0.6 is 0 Å². The molecule has 1 aromatic carbocycles. The van der Waals surface area contributed by atoms with Gasteiger partial charge in [-0.2, -0.15) is 0 Å². The van der Waals surface area contributed by atoms with Gasteiger partial charge in [-0.15, -0.1) is 0 Å². The molecule has 1 aliphatic heterocycles. The summed E-state index contributed by atoms with van der Waals surface area (Å²) >= 11 is 0. The number of nitro groups is 1. The summed E-state index contributed by atoms with van der Waals surface area (Å²) in [4.78, 5) is 24.7. The molecule has 2 rings (SSSR count). The molecule has 1 aliphatic rings. The molecular weight excluding hydrogens is 346 g/mol. The number of carbonyl (C=O) groups is 1. The maximum absolute atomic E-state index is 12.7. The number of hydrogen-bond acceptors (Lipinski definition) is 5. The van der Waals surface area contributed by atoms with Crippen molar-refractivity contribution in [2.24, 2.45) is 0 Å². The Labute approximate surface area is 147 Å². The highest BCUT2D eigenvalue weighted by Crippen LogP contribution is 2.23. The quantitative estimate of drug-likeness (QED) is 0.582. The molecule has 0 aromatic heterocycles. The van der Waals surface area contributed by atoms with Gasteiger partial charge in [-0.1, -0.05) is 6.07 Å². The molecule has 1 fully saturated rings. The monoisotopic (exact) mass is 369 g/mol. The van der Waals surface area contributed by atoms with Crippen molar-refractivity contribution in [3.05, 3.63) is 39.4 Å². The normalized spacial score (nSPS) is 16.2. The fraction of sp³-hybridized carbons (Fsp3) is 0.562. The van der Waals surface area contributed by atoms with Crippen molar-refractivity contribution < 1.29 is 18.1 Å². The van der Waals surface area contributed by atoms with E-state index >= 15 is 0 Å². The topological polar surface area (TPSA) is 101 Å². The maximum Gasteiger partial charge on any atom is 0.270 e. The number of piperidine rings is 1. The van der Waals surface area contributed by atoms with Crippen molar-refractivity contribution in [2.45, 2.75) is 32.7 Å². The maximum atomic E-state index is 12.7. The van der Waals surface area contributed by atoms with Gasteiger partial charge in [0.1, 0.15) is 0 Å². The molecule has 0 bridgehead atoms. The molecule has 0 atom stereocenters. The molecule has 9 heteroatoms. The smallest absolute Gasteiger partial charge is 0.270 e.